The van der Waals surface area contributed by atoms with Crippen molar-refractivity contribution in [2.45, 2.75) is 32.2 Å². The van der Waals surface area contributed by atoms with Crippen LogP contribution in [0.5, 0.6) is 17.2 Å². The van der Waals surface area contributed by atoms with Crippen LogP contribution in [0.15, 0.2) is 48.3 Å². The molecule has 1 amide bonds. The zero-order valence-corrected chi connectivity index (χ0v) is 19.7. The first-order valence-corrected chi connectivity index (χ1v) is 11.0. The lowest BCUT2D eigenvalue weighted by Gasteiger charge is -2.14. The van der Waals surface area contributed by atoms with Crippen LogP contribution in [0.4, 0.5) is 4.39 Å². The minimum Gasteiger partial charge on any atom is -0.502 e. The Morgan fingerprint density at radius 2 is 1.94 bits per heavy atom. The van der Waals surface area contributed by atoms with Gasteiger partial charge in [0.2, 0.25) is 11.7 Å². The van der Waals surface area contributed by atoms with Gasteiger partial charge in [-0.2, -0.15) is 0 Å². The highest BCUT2D eigenvalue weighted by atomic mass is 19.1. The van der Waals surface area contributed by atoms with Gasteiger partial charge in [0.25, 0.3) is 0 Å². The number of phenols is 1. The summed E-state index contributed by atoms with van der Waals surface area (Å²) < 4.78 is 26.6. The van der Waals surface area contributed by atoms with Crippen LogP contribution in [0.2, 0.25) is 0 Å². The SMILES string of the molecule is COc1cc(CC2=C(C)C(CC(=O)NCc3cccn3C)c3cc(F)cnc32)cc(OC)c1O. The van der Waals surface area contributed by atoms with E-state index in [1.54, 1.807) is 12.1 Å². The number of carbonyl (C=O) groups excluding carboxylic acids is 1. The van der Waals surface area contributed by atoms with Crippen LogP contribution < -0.4 is 14.8 Å². The minimum absolute atomic E-state index is 0.0701. The molecular weight excluding hydrogens is 437 g/mol. The summed E-state index contributed by atoms with van der Waals surface area (Å²) in [5, 5.41) is 13.2. The van der Waals surface area contributed by atoms with Gasteiger partial charge in [-0.3, -0.25) is 9.78 Å². The Labute approximate surface area is 197 Å². The Morgan fingerprint density at radius 3 is 2.56 bits per heavy atom. The molecule has 0 aliphatic heterocycles. The fourth-order valence-electron chi connectivity index (χ4n) is 4.47. The van der Waals surface area contributed by atoms with Crippen LogP contribution in [0.3, 0.4) is 0 Å². The van der Waals surface area contributed by atoms with E-state index in [4.69, 9.17) is 9.47 Å². The summed E-state index contributed by atoms with van der Waals surface area (Å²) in [6, 6.07) is 8.82. The molecule has 4 rings (SSSR count). The first-order valence-electron chi connectivity index (χ1n) is 11.0. The molecule has 2 heterocycles. The van der Waals surface area contributed by atoms with Crippen molar-refractivity contribution in [2.24, 2.45) is 7.05 Å². The molecule has 1 unspecified atom stereocenters. The van der Waals surface area contributed by atoms with Gasteiger partial charge < -0.3 is 24.5 Å². The molecule has 3 aromatic rings. The van der Waals surface area contributed by atoms with E-state index in [0.717, 1.165) is 22.4 Å². The number of ether oxygens (including phenoxy) is 2. The van der Waals surface area contributed by atoms with Gasteiger partial charge in [-0.15, -0.1) is 0 Å². The molecule has 1 atom stereocenters. The van der Waals surface area contributed by atoms with Crippen molar-refractivity contribution in [3.8, 4) is 17.2 Å². The summed E-state index contributed by atoms with van der Waals surface area (Å²) in [4.78, 5) is 17.2. The fourth-order valence-corrected chi connectivity index (χ4v) is 4.47. The number of amides is 1. The molecule has 0 saturated carbocycles. The van der Waals surface area contributed by atoms with Crippen LogP contribution in [0.25, 0.3) is 5.57 Å². The highest BCUT2D eigenvalue weighted by molar-refractivity contribution is 5.83. The molecule has 2 aromatic heterocycles. The number of fused-ring (bicyclic) bond motifs is 1. The van der Waals surface area contributed by atoms with Gasteiger partial charge in [-0.25, -0.2) is 4.39 Å². The van der Waals surface area contributed by atoms with Gasteiger partial charge in [0.05, 0.1) is 32.7 Å². The minimum atomic E-state index is -0.435. The monoisotopic (exact) mass is 465 g/mol. The number of nitrogens with zero attached hydrogens (tertiary/aromatic N) is 2. The number of aryl methyl sites for hydroxylation is 1. The zero-order chi connectivity index (χ0) is 24.4. The number of hydrogen-bond donors (Lipinski definition) is 2. The molecule has 1 aliphatic rings. The molecule has 0 saturated heterocycles. The van der Waals surface area contributed by atoms with Crippen molar-refractivity contribution >= 4 is 11.5 Å². The van der Waals surface area contributed by atoms with E-state index in [1.807, 2.05) is 36.9 Å². The highest BCUT2D eigenvalue weighted by Crippen LogP contribution is 2.45. The number of rotatable bonds is 8. The molecule has 1 aromatic carbocycles. The highest BCUT2D eigenvalue weighted by Gasteiger charge is 2.32. The Morgan fingerprint density at radius 1 is 1.24 bits per heavy atom. The summed E-state index contributed by atoms with van der Waals surface area (Å²) in [6.45, 7) is 2.38. The number of aromatic hydroxyl groups is 1. The molecule has 0 radical (unpaired) electrons. The van der Waals surface area contributed by atoms with Crippen molar-refractivity contribution in [3.05, 3.63) is 76.6 Å². The number of halogens is 1. The van der Waals surface area contributed by atoms with Crippen molar-refractivity contribution in [1.29, 1.82) is 0 Å². The van der Waals surface area contributed by atoms with Gasteiger partial charge in [-0.1, -0.05) is 5.57 Å². The summed E-state index contributed by atoms with van der Waals surface area (Å²) in [5.41, 5.74) is 5.12. The van der Waals surface area contributed by atoms with Gasteiger partial charge >= 0.3 is 0 Å². The molecule has 0 bridgehead atoms. The van der Waals surface area contributed by atoms with Crippen molar-refractivity contribution in [1.82, 2.24) is 14.9 Å². The maximum atomic E-state index is 14.1. The zero-order valence-electron chi connectivity index (χ0n) is 19.7. The number of pyridine rings is 1. The molecule has 7 nitrogen and oxygen atoms in total. The molecular formula is C26H28FN3O4. The summed E-state index contributed by atoms with van der Waals surface area (Å²) >= 11 is 0. The lowest BCUT2D eigenvalue weighted by molar-refractivity contribution is -0.121. The second kappa shape index (κ2) is 9.59. The molecule has 0 fully saturated rings. The van der Waals surface area contributed by atoms with Gasteiger partial charge in [-0.05, 0) is 60.4 Å². The third-order valence-electron chi connectivity index (χ3n) is 6.37. The van der Waals surface area contributed by atoms with E-state index in [0.29, 0.717) is 35.7 Å². The fraction of sp³-hybridized carbons (Fsp3) is 0.308. The van der Waals surface area contributed by atoms with E-state index < -0.39 is 5.82 Å². The molecule has 34 heavy (non-hydrogen) atoms. The Kier molecular flexibility index (Phi) is 6.58. The van der Waals surface area contributed by atoms with Crippen LogP contribution in [0.1, 0.15) is 41.8 Å². The van der Waals surface area contributed by atoms with Crippen LogP contribution in [-0.2, 0) is 24.8 Å². The summed E-state index contributed by atoms with van der Waals surface area (Å²) in [6.07, 6.45) is 3.78. The molecule has 2 N–H and O–H groups in total. The third kappa shape index (κ3) is 4.48. The maximum absolute atomic E-state index is 14.1. The number of hydrogen-bond acceptors (Lipinski definition) is 5. The number of aromatic nitrogens is 2. The molecule has 0 spiro atoms. The van der Waals surface area contributed by atoms with Crippen molar-refractivity contribution < 1.29 is 23.8 Å². The van der Waals surface area contributed by atoms with Gasteiger partial charge in [0, 0.05) is 31.3 Å². The largest absolute Gasteiger partial charge is 0.502 e. The van der Waals surface area contributed by atoms with E-state index in [1.165, 1.54) is 26.5 Å². The lowest BCUT2D eigenvalue weighted by atomic mass is 9.93. The number of methoxy groups -OCH3 is 2. The average molecular weight is 466 g/mol. The number of phenolic OH excluding ortho intramolecular Hbond substituents is 1. The predicted octanol–water partition coefficient (Wildman–Crippen LogP) is 4.10. The van der Waals surface area contributed by atoms with Crippen LogP contribution >= 0.6 is 0 Å². The third-order valence-corrected chi connectivity index (χ3v) is 6.37. The van der Waals surface area contributed by atoms with Crippen LogP contribution in [0, 0.1) is 5.82 Å². The number of benzene rings is 1. The quantitative estimate of drug-likeness (QED) is 0.523. The summed E-state index contributed by atoms with van der Waals surface area (Å²) in [7, 11) is 4.87. The molecule has 178 valence electrons. The van der Waals surface area contributed by atoms with Gasteiger partial charge in [0.1, 0.15) is 5.82 Å². The smallest absolute Gasteiger partial charge is 0.221 e. The topological polar surface area (TPSA) is 85.6 Å². The Bertz CT molecular complexity index is 1240. The Hall–Kier alpha value is -3.81. The first-order chi connectivity index (χ1) is 16.3. The second-order valence-corrected chi connectivity index (χ2v) is 8.42. The van der Waals surface area contributed by atoms with Crippen molar-refractivity contribution in [2.75, 3.05) is 14.2 Å². The Balaban J connectivity index is 1.61. The van der Waals surface area contributed by atoms with Crippen molar-refractivity contribution in [3.63, 3.8) is 0 Å². The molecule has 1 aliphatic carbocycles. The van der Waals surface area contributed by atoms with Crippen LogP contribution in [-0.4, -0.2) is 34.8 Å². The first kappa shape index (κ1) is 23.4. The second-order valence-electron chi connectivity index (χ2n) is 8.42. The van der Waals surface area contributed by atoms with E-state index in [2.05, 4.69) is 10.3 Å². The lowest BCUT2D eigenvalue weighted by Crippen LogP contribution is -2.25. The van der Waals surface area contributed by atoms with E-state index >= 15 is 0 Å². The molecule has 8 heteroatoms. The summed E-state index contributed by atoms with van der Waals surface area (Å²) in [5.74, 6) is -0.296. The van der Waals surface area contributed by atoms with Gasteiger partial charge in [0.15, 0.2) is 11.5 Å². The maximum Gasteiger partial charge on any atom is 0.221 e. The average Bonchev–Trinajstić information content (AvgIpc) is 3.34. The number of nitrogens with one attached hydrogen (secondary N) is 1. The number of allylic oxidation sites excluding steroid dienone is 2. The van der Waals surface area contributed by atoms with E-state index in [9.17, 15) is 14.3 Å². The van der Waals surface area contributed by atoms with E-state index in [-0.39, 0.29) is 24.0 Å². The normalized spacial score (nSPS) is 14.8. The number of carbonyl (C=O) groups is 1. The predicted molar refractivity (Wildman–Crippen MR) is 126 cm³/mol. The standard InChI is InChI=1S/C26H28FN3O4/c1-15-19(12-24(31)28-14-18-6-5-7-30(18)2)21-11-17(27)13-29-25(21)20(15)8-16-9-22(33-3)26(32)23(10-16)34-4/h5-7,9-11,13,19,32H,8,12,14H2,1-4H3,(H,28,31).